The van der Waals surface area contributed by atoms with Crippen LogP contribution in [0.1, 0.15) is 56.2 Å². The maximum atomic E-state index is 13.8. The summed E-state index contributed by atoms with van der Waals surface area (Å²) in [6.45, 7) is 0. The van der Waals surface area contributed by atoms with Crippen LogP contribution in [0.4, 0.5) is 13.2 Å². The minimum atomic E-state index is -0.356. The smallest absolute Gasteiger partial charge is 0.123 e. The highest BCUT2D eigenvalue weighted by atomic mass is 19.1. The Morgan fingerprint density at radius 2 is 0.702 bits per heavy atom. The SMILES string of the molecule is Fc1ccc(C#Cc2c3nc(c(C#Cc4ccc(F)cc4)c4ccc([nH]4)c(-c4ccccc4)c4ccc([nH]4)c(C#Cc4ccc(F)cc4)c4nc2C=C4)C=C3)cc1. The Labute approximate surface area is 326 Å². The molecule has 0 fully saturated rings. The molecule has 2 aliphatic rings. The molecule has 0 atom stereocenters. The minimum Gasteiger partial charge on any atom is -0.354 e. The van der Waals surface area contributed by atoms with Crippen molar-refractivity contribution in [3.63, 3.8) is 0 Å². The number of aromatic nitrogens is 4. The Hall–Kier alpha value is -8.05. The van der Waals surface area contributed by atoms with Crippen LogP contribution in [0.5, 0.6) is 0 Å². The van der Waals surface area contributed by atoms with Gasteiger partial charge in [-0.2, -0.15) is 0 Å². The molecular weight excluding hydrogens is 714 g/mol. The number of nitrogens with one attached hydrogen (secondary N) is 2. The summed E-state index contributed by atoms with van der Waals surface area (Å²) < 4.78 is 41.3. The van der Waals surface area contributed by atoms with Crippen LogP contribution >= 0.6 is 0 Å². The molecule has 0 amide bonds. The summed E-state index contributed by atoms with van der Waals surface area (Å²) >= 11 is 0. The molecular formula is C50H27F3N4. The molecule has 0 aliphatic carbocycles. The third-order valence-corrected chi connectivity index (χ3v) is 9.34. The predicted octanol–water partition coefficient (Wildman–Crippen LogP) is 10.9. The fraction of sp³-hybridized carbons (Fsp3) is 0. The Morgan fingerprint density at radius 1 is 0.351 bits per heavy atom. The molecule has 0 saturated carbocycles. The van der Waals surface area contributed by atoms with E-state index >= 15 is 0 Å². The molecule has 2 N–H and O–H groups in total. The van der Waals surface area contributed by atoms with Gasteiger partial charge in [-0.1, -0.05) is 65.9 Å². The Kier molecular flexibility index (Phi) is 9.13. The van der Waals surface area contributed by atoms with Gasteiger partial charge in [0.25, 0.3) is 0 Å². The molecule has 4 aromatic carbocycles. The fourth-order valence-corrected chi connectivity index (χ4v) is 6.52. The van der Waals surface area contributed by atoms with Gasteiger partial charge in [-0.3, -0.25) is 0 Å². The number of halogens is 3. The van der Waals surface area contributed by atoms with E-state index in [0.717, 1.165) is 33.2 Å². The van der Waals surface area contributed by atoms with Crippen LogP contribution in [0.2, 0.25) is 0 Å². The van der Waals surface area contributed by atoms with E-state index in [1.807, 2.05) is 78.9 Å². The van der Waals surface area contributed by atoms with Crippen LogP contribution in [-0.4, -0.2) is 19.9 Å². The second kappa shape index (κ2) is 15.0. The van der Waals surface area contributed by atoms with E-state index in [1.54, 1.807) is 36.4 Å². The maximum absolute atomic E-state index is 13.8. The van der Waals surface area contributed by atoms with Gasteiger partial charge in [0, 0.05) is 33.3 Å². The van der Waals surface area contributed by atoms with E-state index in [2.05, 4.69) is 45.5 Å². The Bertz CT molecular complexity index is 2970. The predicted molar refractivity (Wildman–Crippen MR) is 221 cm³/mol. The van der Waals surface area contributed by atoms with E-state index < -0.39 is 0 Å². The molecule has 4 nitrogen and oxygen atoms in total. The van der Waals surface area contributed by atoms with E-state index in [4.69, 9.17) is 9.97 Å². The van der Waals surface area contributed by atoms with Crippen molar-refractivity contribution in [3.8, 4) is 46.6 Å². The molecule has 0 radical (unpaired) electrons. The lowest BCUT2D eigenvalue weighted by Gasteiger charge is -2.03. The van der Waals surface area contributed by atoms with Crippen molar-refractivity contribution in [1.29, 1.82) is 0 Å². The van der Waals surface area contributed by atoms with Gasteiger partial charge >= 0.3 is 0 Å². The van der Waals surface area contributed by atoms with Crippen molar-refractivity contribution >= 4 is 46.4 Å². The standard InChI is InChI=1S/C50H27F3N4/c51-36-15-6-32(7-16-36)12-21-39-42-24-26-44(54-42)40(22-13-33-8-17-37(52)18-9-33)46-28-30-48(56-46)50(35-4-2-1-3-5-35)49-31-29-47(57-49)41(45-27-25-43(39)55-45)23-14-34-10-19-38(53)20-11-34/h1-11,15-20,24-31,56-57H. The lowest BCUT2D eigenvalue weighted by atomic mass is 10.1. The van der Waals surface area contributed by atoms with E-state index in [-0.39, 0.29) is 17.5 Å². The fourth-order valence-electron chi connectivity index (χ4n) is 6.52. The highest BCUT2D eigenvalue weighted by Gasteiger charge is 2.16. The van der Waals surface area contributed by atoms with Crippen molar-refractivity contribution in [2.24, 2.45) is 0 Å². The number of nitrogens with zero attached hydrogens (tertiary/aromatic N) is 2. The van der Waals surface area contributed by atoms with Crippen molar-refractivity contribution < 1.29 is 13.2 Å². The van der Waals surface area contributed by atoms with Gasteiger partial charge in [-0.05, 0) is 127 Å². The monoisotopic (exact) mass is 740 g/mol. The van der Waals surface area contributed by atoms with Gasteiger partial charge in [-0.15, -0.1) is 0 Å². The summed E-state index contributed by atoms with van der Waals surface area (Å²) in [7, 11) is 0. The molecule has 3 aromatic heterocycles. The van der Waals surface area contributed by atoms with Gasteiger partial charge in [0.1, 0.15) is 17.5 Å². The number of hydrogen-bond donors (Lipinski definition) is 2. The molecule has 57 heavy (non-hydrogen) atoms. The molecule has 0 saturated heterocycles. The Morgan fingerprint density at radius 3 is 1.11 bits per heavy atom. The Balaban J connectivity index is 1.38. The molecule has 7 heteroatoms. The zero-order valence-electron chi connectivity index (χ0n) is 30.0. The quantitative estimate of drug-likeness (QED) is 0.165. The highest BCUT2D eigenvalue weighted by molar-refractivity contribution is 5.95. The second-order valence-corrected chi connectivity index (χ2v) is 13.1. The topological polar surface area (TPSA) is 57.4 Å². The second-order valence-electron chi connectivity index (χ2n) is 13.1. The zero-order valence-corrected chi connectivity index (χ0v) is 30.0. The van der Waals surface area contributed by atoms with Crippen LogP contribution in [0, 0.1) is 53.0 Å². The van der Waals surface area contributed by atoms with Crippen molar-refractivity contribution in [2.75, 3.05) is 0 Å². The summed E-state index contributed by atoms with van der Waals surface area (Å²) in [5.41, 5.74) is 11.0. The lowest BCUT2D eigenvalue weighted by molar-refractivity contribution is 0.627. The average Bonchev–Trinajstić information content (AvgIpc) is 4.08. The van der Waals surface area contributed by atoms with Gasteiger partial charge in [0.05, 0.1) is 50.5 Å². The van der Waals surface area contributed by atoms with E-state index in [1.165, 1.54) is 36.4 Å². The molecule has 8 bridgehead atoms. The molecule has 0 spiro atoms. The molecule has 7 aromatic rings. The molecule has 2 aliphatic heterocycles. The first kappa shape index (κ1) is 34.7. The number of hydrogen-bond acceptors (Lipinski definition) is 2. The van der Waals surface area contributed by atoms with Crippen LogP contribution in [-0.2, 0) is 0 Å². The maximum Gasteiger partial charge on any atom is 0.123 e. The van der Waals surface area contributed by atoms with Crippen molar-refractivity contribution in [1.82, 2.24) is 19.9 Å². The first-order valence-corrected chi connectivity index (χ1v) is 18.0. The molecule has 0 unspecified atom stereocenters. The van der Waals surface area contributed by atoms with Crippen molar-refractivity contribution in [3.05, 3.63) is 201 Å². The molecule has 268 valence electrons. The van der Waals surface area contributed by atoms with Crippen LogP contribution in [0.3, 0.4) is 0 Å². The average molecular weight is 741 g/mol. The number of benzene rings is 4. The third kappa shape index (κ3) is 7.40. The zero-order chi connectivity index (χ0) is 38.7. The van der Waals surface area contributed by atoms with Gasteiger partial charge < -0.3 is 9.97 Å². The number of rotatable bonds is 1. The van der Waals surface area contributed by atoms with Gasteiger partial charge in [0.2, 0.25) is 0 Å². The van der Waals surface area contributed by atoms with Crippen LogP contribution in [0.25, 0.3) is 57.5 Å². The van der Waals surface area contributed by atoms with Crippen LogP contribution < -0.4 is 0 Å². The lowest BCUT2D eigenvalue weighted by Crippen LogP contribution is -1.91. The third-order valence-electron chi connectivity index (χ3n) is 9.34. The summed E-state index contributed by atoms with van der Waals surface area (Å²) in [4.78, 5) is 17.4. The summed E-state index contributed by atoms with van der Waals surface area (Å²) in [6, 6.07) is 36.0. The first-order valence-electron chi connectivity index (χ1n) is 18.0. The summed E-state index contributed by atoms with van der Waals surface area (Å²) in [5.74, 6) is 18.4. The number of H-pyrrole nitrogens is 2. The van der Waals surface area contributed by atoms with Gasteiger partial charge in [0.15, 0.2) is 0 Å². The number of fused-ring (bicyclic) bond motifs is 8. The normalized spacial score (nSPS) is 11.2. The van der Waals surface area contributed by atoms with E-state index in [9.17, 15) is 13.2 Å². The summed E-state index contributed by atoms with van der Waals surface area (Å²) in [5, 5.41) is 0. The summed E-state index contributed by atoms with van der Waals surface area (Å²) in [6.07, 6.45) is 7.52. The largest absolute Gasteiger partial charge is 0.354 e. The number of aromatic amines is 2. The van der Waals surface area contributed by atoms with E-state index in [0.29, 0.717) is 56.2 Å². The van der Waals surface area contributed by atoms with Crippen molar-refractivity contribution in [2.45, 2.75) is 0 Å². The van der Waals surface area contributed by atoms with Crippen LogP contribution in [0.15, 0.2) is 127 Å². The molecule has 9 rings (SSSR count). The molecule has 5 heterocycles. The minimum absolute atomic E-state index is 0.343. The first-order chi connectivity index (χ1) is 27.9. The highest BCUT2D eigenvalue weighted by Crippen LogP contribution is 2.31. The van der Waals surface area contributed by atoms with Gasteiger partial charge in [-0.25, -0.2) is 23.1 Å².